The monoisotopic (exact) mass is 604 g/mol. The molecule has 0 spiro atoms. The third-order valence-corrected chi connectivity index (χ3v) is 7.96. The van der Waals surface area contributed by atoms with Crippen LogP contribution in [0.1, 0.15) is 16.7 Å². The summed E-state index contributed by atoms with van der Waals surface area (Å²) in [4.78, 5) is 45.9. The first kappa shape index (κ1) is 29.5. The highest BCUT2D eigenvalue weighted by atomic mass is 16.5. The van der Waals surface area contributed by atoms with Crippen LogP contribution in [0.5, 0.6) is 11.5 Å². The number of aromatic amines is 1. The quantitative estimate of drug-likeness (QED) is 0.211. The van der Waals surface area contributed by atoms with Crippen molar-refractivity contribution < 1.29 is 28.5 Å². The topological polar surface area (TPSA) is 107 Å². The van der Waals surface area contributed by atoms with Crippen molar-refractivity contribution in [3.63, 3.8) is 0 Å². The first-order chi connectivity index (χ1) is 21.9. The number of nitrogens with zero attached hydrogens (tertiary/aromatic N) is 1. The Labute approximate surface area is 259 Å². The molecule has 45 heavy (non-hydrogen) atoms. The molecule has 9 heteroatoms. The normalized spacial score (nSPS) is 14.1. The van der Waals surface area contributed by atoms with Gasteiger partial charge in [0.05, 0.1) is 39.1 Å². The van der Waals surface area contributed by atoms with E-state index in [2.05, 4.69) is 4.98 Å². The summed E-state index contributed by atoms with van der Waals surface area (Å²) in [5.41, 5.74) is 2.85. The minimum atomic E-state index is -1.04. The maximum Gasteiger partial charge on any atom is 0.332 e. The predicted molar refractivity (Wildman–Crippen MR) is 173 cm³/mol. The molecule has 0 saturated carbocycles. The number of Topliss-reactive ketones (excluding diaryl/α,β-unsaturated/α-hetero) is 1. The maximum absolute atomic E-state index is 13.9. The molecular formula is C36H32N2O7. The number of hydrogen-bond donors (Lipinski definition) is 1. The molecule has 0 radical (unpaired) electrons. The second-order valence-corrected chi connectivity index (χ2v) is 10.7. The van der Waals surface area contributed by atoms with Crippen LogP contribution in [0.2, 0.25) is 0 Å². The van der Waals surface area contributed by atoms with E-state index in [0.29, 0.717) is 28.1 Å². The van der Waals surface area contributed by atoms with E-state index in [-0.39, 0.29) is 42.1 Å². The van der Waals surface area contributed by atoms with Gasteiger partial charge in [-0.25, -0.2) is 4.79 Å². The van der Waals surface area contributed by atoms with Crippen molar-refractivity contribution in [3.05, 3.63) is 118 Å². The molecule has 1 aliphatic rings. The Hall–Kier alpha value is -5.57. The van der Waals surface area contributed by atoms with Crippen molar-refractivity contribution in [2.75, 3.05) is 32.8 Å². The molecule has 1 aliphatic heterocycles. The Balaban J connectivity index is 1.50. The number of carbonyl (C=O) groups excluding carboxylic acids is 2. The zero-order valence-electron chi connectivity index (χ0n) is 25.2. The van der Waals surface area contributed by atoms with Crippen molar-refractivity contribution in [2.45, 2.75) is 19.1 Å². The lowest BCUT2D eigenvalue weighted by Crippen LogP contribution is -2.47. The van der Waals surface area contributed by atoms with Crippen LogP contribution < -0.4 is 19.8 Å². The van der Waals surface area contributed by atoms with Gasteiger partial charge in [-0.2, -0.15) is 0 Å². The standard InChI is InChI=1S/C36H32N2O7/c1-42-27-11-9-25(32(18-27)43-2)15-26(39)20-38-30(36(41)44-3)19-33(45-21-22-7-5-4-6-8-22)34-31(40)12-10-23-17-29-24(13-14-37-29)16-28(23)35(34)38/h4-14,16-19,30,37H,15,20-21H2,1-3H3. The van der Waals surface area contributed by atoms with Crippen LogP contribution in [0.3, 0.4) is 0 Å². The van der Waals surface area contributed by atoms with E-state index in [1.54, 1.807) is 42.4 Å². The molecule has 4 aromatic carbocycles. The van der Waals surface area contributed by atoms with Gasteiger partial charge < -0.3 is 28.8 Å². The molecule has 0 bridgehead atoms. The largest absolute Gasteiger partial charge is 0.497 e. The SMILES string of the molecule is COC(=O)C1C=C(OCc2ccccc2)c2c(c3cc4cc[nH]c4cc3ccc2=O)N1CC(=O)Cc1ccc(OC)cc1OC. The van der Waals surface area contributed by atoms with Crippen molar-refractivity contribution in [2.24, 2.45) is 0 Å². The van der Waals surface area contributed by atoms with E-state index in [0.717, 1.165) is 21.9 Å². The van der Waals surface area contributed by atoms with E-state index in [4.69, 9.17) is 18.9 Å². The fourth-order valence-electron chi connectivity index (χ4n) is 5.76. The van der Waals surface area contributed by atoms with Crippen molar-refractivity contribution in [1.29, 1.82) is 0 Å². The number of hydrogen-bond acceptors (Lipinski definition) is 8. The first-order valence-electron chi connectivity index (χ1n) is 14.4. The van der Waals surface area contributed by atoms with Gasteiger partial charge in [0.1, 0.15) is 23.9 Å². The minimum Gasteiger partial charge on any atom is -0.497 e. The van der Waals surface area contributed by atoms with Gasteiger partial charge in [-0.05, 0) is 47.4 Å². The van der Waals surface area contributed by atoms with Crippen LogP contribution in [0.4, 0.5) is 5.69 Å². The van der Waals surface area contributed by atoms with Crippen molar-refractivity contribution >= 4 is 44.9 Å². The number of fused-ring (bicyclic) bond motifs is 4. The molecule has 1 aromatic heterocycles. The lowest BCUT2D eigenvalue weighted by Gasteiger charge is -2.35. The smallest absolute Gasteiger partial charge is 0.332 e. The minimum absolute atomic E-state index is 0.0250. The number of nitrogens with one attached hydrogen (secondary N) is 1. The van der Waals surface area contributed by atoms with E-state index in [1.807, 2.05) is 54.7 Å². The number of ketones is 1. The molecule has 1 N–H and O–H groups in total. The van der Waals surface area contributed by atoms with Crippen LogP contribution in [0.15, 0.2) is 95.9 Å². The van der Waals surface area contributed by atoms with Crippen LogP contribution in [-0.4, -0.2) is 50.7 Å². The van der Waals surface area contributed by atoms with Crippen molar-refractivity contribution in [3.8, 4) is 11.5 Å². The van der Waals surface area contributed by atoms with E-state index >= 15 is 0 Å². The van der Waals surface area contributed by atoms with E-state index in [9.17, 15) is 14.4 Å². The summed E-state index contributed by atoms with van der Waals surface area (Å²) in [5, 5.41) is 2.36. The molecule has 1 atom stereocenters. The number of aromatic nitrogens is 1. The van der Waals surface area contributed by atoms with Crippen molar-refractivity contribution in [1.82, 2.24) is 4.98 Å². The summed E-state index contributed by atoms with van der Waals surface area (Å²) in [6, 6.07) is 22.8. The van der Waals surface area contributed by atoms with Crippen LogP contribution >= 0.6 is 0 Å². The third kappa shape index (κ3) is 5.84. The number of esters is 1. The fraction of sp³-hybridized carbons (Fsp3) is 0.194. The lowest BCUT2D eigenvalue weighted by molar-refractivity contribution is -0.141. The molecule has 5 aromatic rings. The average molecular weight is 605 g/mol. The van der Waals surface area contributed by atoms with Crippen LogP contribution in [0.25, 0.3) is 27.4 Å². The molecule has 6 rings (SSSR count). The number of methoxy groups -OCH3 is 3. The van der Waals surface area contributed by atoms with Gasteiger partial charge in [0.2, 0.25) is 0 Å². The number of rotatable bonds is 10. The van der Waals surface area contributed by atoms with Crippen LogP contribution in [0, 0.1) is 0 Å². The Morgan fingerprint density at radius 1 is 0.889 bits per heavy atom. The number of benzene rings is 3. The highest BCUT2D eigenvalue weighted by molar-refractivity contribution is 6.08. The lowest BCUT2D eigenvalue weighted by atomic mass is 9.97. The number of H-pyrrole nitrogens is 1. The highest BCUT2D eigenvalue weighted by Gasteiger charge is 2.36. The van der Waals surface area contributed by atoms with E-state index in [1.165, 1.54) is 20.3 Å². The second kappa shape index (κ2) is 12.6. The average Bonchev–Trinajstić information content (AvgIpc) is 3.47. The fourth-order valence-corrected chi connectivity index (χ4v) is 5.76. The first-order valence-corrected chi connectivity index (χ1v) is 14.4. The Bertz CT molecular complexity index is 2000. The van der Waals surface area contributed by atoms with Gasteiger partial charge in [0.15, 0.2) is 17.3 Å². The Morgan fingerprint density at radius 2 is 1.71 bits per heavy atom. The summed E-state index contributed by atoms with van der Waals surface area (Å²) in [6.45, 7) is -0.0115. The Kier molecular flexibility index (Phi) is 8.24. The number of carbonyl (C=O) groups is 2. The molecule has 9 nitrogen and oxygen atoms in total. The van der Waals surface area contributed by atoms with Gasteiger partial charge in [-0.15, -0.1) is 0 Å². The molecule has 0 amide bonds. The maximum atomic E-state index is 13.9. The number of anilines is 1. The molecule has 228 valence electrons. The summed E-state index contributed by atoms with van der Waals surface area (Å²) in [5.74, 6) is 0.573. The molecule has 0 fully saturated rings. The molecule has 0 saturated heterocycles. The molecular weight excluding hydrogens is 572 g/mol. The molecule has 0 aliphatic carbocycles. The second-order valence-electron chi connectivity index (χ2n) is 10.7. The summed E-state index contributed by atoms with van der Waals surface area (Å²) in [6.07, 6.45) is 3.43. The predicted octanol–water partition coefficient (Wildman–Crippen LogP) is 5.43. The number of ether oxygens (including phenoxy) is 4. The Morgan fingerprint density at radius 3 is 2.47 bits per heavy atom. The zero-order valence-corrected chi connectivity index (χ0v) is 25.2. The van der Waals surface area contributed by atoms with Gasteiger partial charge >= 0.3 is 5.97 Å². The van der Waals surface area contributed by atoms with Gasteiger partial charge in [0, 0.05) is 40.5 Å². The zero-order chi connectivity index (χ0) is 31.5. The molecule has 2 heterocycles. The highest BCUT2D eigenvalue weighted by Crippen LogP contribution is 2.40. The van der Waals surface area contributed by atoms with Crippen LogP contribution in [-0.2, 0) is 32.1 Å². The van der Waals surface area contributed by atoms with E-state index < -0.39 is 12.0 Å². The summed E-state index contributed by atoms with van der Waals surface area (Å²) >= 11 is 0. The summed E-state index contributed by atoms with van der Waals surface area (Å²) < 4.78 is 22.3. The van der Waals surface area contributed by atoms with Gasteiger partial charge in [-0.1, -0.05) is 42.5 Å². The third-order valence-electron chi connectivity index (χ3n) is 7.96. The molecule has 1 unspecified atom stereocenters. The van der Waals surface area contributed by atoms with Gasteiger partial charge in [0.25, 0.3) is 0 Å². The summed E-state index contributed by atoms with van der Waals surface area (Å²) in [7, 11) is 4.38. The van der Waals surface area contributed by atoms with Gasteiger partial charge in [-0.3, -0.25) is 9.59 Å².